The van der Waals surface area contributed by atoms with Gasteiger partial charge in [0.05, 0.1) is 5.69 Å². The van der Waals surface area contributed by atoms with E-state index in [2.05, 4.69) is 9.74 Å². The fourth-order valence-corrected chi connectivity index (χ4v) is 2.60. The van der Waals surface area contributed by atoms with E-state index in [0.29, 0.717) is 5.75 Å². The van der Waals surface area contributed by atoms with Gasteiger partial charge in [0.15, 0.2) is 5.75 Å². The SMILES string of the molecule is NOc1c(Oc2ccccc2N2CCCCC2)c(=O)c1=O. The van der Waals surface area contributed by atoms with Crippen LogP contribution in [-0.2, 0) is 0 Å². The van der Waals surface area contributed by atoms with Crippen LogP contribution in [0.3, 0.4) is 0 Å². The van der Waals surface area contributed by atoms with E-state index in [4.69, 9.17) is 10.6 Å². The van der Waals surface area contributed by atoms with Crippen molar-refractivity contribution in [2.75, 3.05) is 18.0 Å². The van der Waals surface area contributed by atoms with Gasteiger partial charge in [0.1, 0.15) is 0 Å². The van der Waals surface area contributed by atoms with Gasteiger partial charge in [-0.3, -0.25) is 9.59 Å². The summed E-state index contributed by atoms with van der Waals surface area (Å²) in [5, 5.41) is 0. The highest BCUT2D eigenvalue weighted by atomic mass is 16.6. The van der Waals surface area contributed by atoms with Gasteiger partial charge in [0.2, 0.25) is 11.5 Å². The average molecular weight is 288 g/mol. The second-order valence-electron chi connectivity index (χ2n) is 5.05. The summed E-state index contributed by atoms with van der Waals surface area (Å²) >= 11 is 0. The van der Waals surface area contributed by atoms with Crippen molar-refractivity contribution in [3.63, 3.8) is 0 Å². The number of hydrogen-bond donors (Lipinski definition) is 1. The standard InChI is InChI=1S/C15H16N2O4/c16-21-15-13(19)12(18)14(15)20-11-7-3-2-6-10(11)17-8-4-1-5-9-17/h2-3,6-7H,1,4-5,8-9,16H2. The number of hydrogen-bond acceptors (Lipinski definition) is 6. The Morgan fingerprint density at radius 3 is 2.33 bits per heavy atom. The number of nitrogens with two attached hydrogens (primary N) is 1. The minimum atomic E-state index is -0.747. The molecule has 0 atom stereocenters. The molecule has 1 aliphatic heterocycles. The third-order valence-electron chi connectivity index (χ3n) is 3.72. The maximum absolute atomic E-state index is 11.5. The third-order valence-corrected chi connectivity index (χ3v) is 3.72. The predicted octanol–water partition coefficient (Wildman–Crippen LogP) is 1.32. The van der Waals surface area contributed by atoms with Gasteiger partial charge < -0.3 is 14.5 Å². The quantitative estimate of drug-likeness (QED) is 0.675. The van der Waals surface area contributed by atoms with Crippen molar-refractivity contribution in [2.24, 2.45) is 5.90 Å². The zero-order valence-electron chi connectivity index (χ0n) is 11.5. The van der Waals surface area contributed by atoms with Crippen LogP contribution in [0.15, 0.2) is 33.9 Å². The first-order valence-corrected chi connectivity index (χ1v) is 6.94. The van der Waals surface area contributed by atoms with Crippen molar-refractivity contribution in [1.82, 2.24) is 0 Å². The third kappa shape index (κ3) is 2.38. The highest BCUT2D eigenvalue weighted by Crippen LogP contribution is 2.35. The molecule has 0 saturated carbocycles. The maximum atomic E-state index is 11.5. The highest BCUT2D eigenvalue weighted by Gasteiger charge is 2.26. The van der Waals surface area contributed by atoms with Gasteiger partial charge in [-0.2, -0.15) is 5.90 Å². The normalized spacial score (nSPS) is 15.2. The van der Waals surface area contributed by atoms with E-state index in [-0.39, 0.29) is 11.5 Å². The van der Waals surface area contributed by atoms with Gasteiger partial charge in [-0.1, -0.05) is 12.1 Å². The number of para-hydroxylation sites is 2. The van der Waals surface area contributed by atoms with E-state index in [9.17, 15) is 9.59 Å². The van der Waals surface area contributed by atoms with Gasteiger partial charge >= 0.3 is 0 Å². The van der Waals surface area contributed by atoms with E-state index < -0.39 is 10.9 Å². The molecular weight excluding hydrogens is 272 g/mol. The Balaban J connectivity index is 1.90. The molecular formula is C15H16N2O4. The summed E-state index contributed by atoms with van der Waals surface area (Å²) in [5.41, 5.74) is -0.542. The van der Waals surface area contributed by atoms with Crippen molar-refractivity contribution in [2.45, 2.75) is 19.3 Å². The lowest BCUT2D eigenvalue weighted by atomic mass is 10.1. The molecule has 0 radical (unpaired) electrons. The van der Waals surface area contributed by atoms with E-state index >= 15 is 0 Å². The number of nitrogens with zero attached hydrogens (tertiary/aromatic N) is 1. The zero-order valence-corrected chi connectivity index (χ0v) is 11.5. The molecule has 1 saturated heterocycles. The second-order valence-corrected chi connectivity index (χ2v) is 5.05. The van der Waals surface area contributed by atoms with Crippen LogP contribution in [-0.4, -0.2) is 13.1 Å². The molecule has 2 aromatic carbocycles. The fraction of sp³-hybridized carbons (Fsp3) is 0.333. The van der Waals surface area contributed by atoms with Crippen LogP contribution in [0.1, 0.15) is 19.3 Å². The Bertz CT molecular complexity index is 713. The number of piperidine rings is 1. The molecule has 1 heterocycles. The Kier molecular flexibility index (Phi) is 3.62. The minimum absolute atomic E-state index is 0.119. The van der Waals surface area contributed by atoms with Gasteiger partial charge in [-0.05, 0) is 31.4 Å². The molecule has 0 spiro atoms. The summed E-state index contributed by atoms with van der Waals surface area (Å²) in [5.74, 6) is 5.19. The monoisotopic (exact) mass is 288 g/mol. The summed E-state index contributed by atoms with van der Waals surface area (Å²) < 4.78 is 5.58. The molecule has 2 N–H and O–H groups in total. The van der Waals surface area contributed by atoms with Crippen molar-refractivity contribution in [3.05, 3.63) is 44.7 Å². The van der Waals surface area contributed by atoms with Crippen molar-refractivity contribution < 1.29 is 9.57 Å². The molecule has 1 aliphatic rings. The molecule has 110 valence electrons. The topological polar surface area (TPSA) is 81.9 Å². The number of anilines is 1. The molecule has 1 fully saturated rings. The molecule has 0 aromatic heterocycles. The van der Waals surface area contributed by atoms with Crippen LogP contribution in [0, 0.1) is 0 Å². The van der Waals surface area contributed by atoms with E-state index in [1.54, 1.807) is 6.07 Å². The molecule has 0 amide bonds. The highest BCUT2D eigenvalue weighted by molar-refractivity contribution is 5.61. The minimum Gasteiger partial charge on any atom is -0.447 e. The van der Waals surface area contributed by atoms with Crippen molar-refractivity contribution >= 4 is 5.69 Å². The van der Waals surface area contributed by atoms with Crippen LogP contribution in [0.25, 0.3) is 0 Å². The number of ether oxygens (including phenoxy) is 1. The average Bonchev–Trinajstić information content (AvgIpc) is 2.55. The maximum Gasteiger partial charge on any atom is 0.278 e. The summed E-state index contributed by atoms with van der Waals surface area (Å²) in [7, 11) is 0. The summed E-state index contributed by atoms with van der Waals surface area (Å²) in [6.45, 7) is 1.90. The summed E-state index contributed by atoms with van der Waals surface area (Å²) in [4.78, 5) is 29.4. The van der Waals surface area contributed by atoms with Gasteiger partial charge in [-0.15, -0.1) is 0 Å². The van der Waals surface area contributed by atoms with E-state index in [1.807, 2.05) is 18.2 Å². The Labute approximate surface area is 121 Å². The van der Waals surface area contributed by atoms with Crippen LogP contribution in [0.4, 0.5) is 5.69 Å². The fourth-order valence-electron chi connectivity index (χ4n) is 2.60. The van der Waals surface area contributed by atoms with Crippen molar-refractivity contribution in [1.29, 1.82) is 0 Å². The van der Waals surface area contributed by atoms with E-state index in [1.165, 1.54) is 6.42 Å². The summed E-state index contributed by atoms with van der Waals surface area (Å²) in [6, 6.07) is 7.44. The van der Waals surface area contributed by atoms with Crippen molar-refractivity contribution in [3.8, 4) is 17.2 Å². The molecule has 0 bridgehead atoms. The van der Waals surface area contributed by atoms with Crippen LogP contribution in [0.2, 0.25) is 0 Å². The lowest BCUT2D eigenvalue weighted by Gasteiger charge is -2.30. The first kappa shape index (κ1) is 13.6. The Hall–Kier alpha value is -2.34. The van der Waals surface area contributed by atoms with Gasteiger partial charge in [0, 0.05) is 13.1 Å². The largest absolute Gasteiger partial charge is 0.447 e. The first-order valence-electron chi connectivity index (χ1n) is 6.94. The van der Waals surface area contributed by atoms with Gasteiger partial charge in [0.25, 0.3) is 10.9 Å². The van der Waals surface area contributed by atoms with Crippen LogP contribution in [0.5, 0.6) is 17.2 Å². The molecule has 21 heavy (non-hydrogen) atoms. The molecule has 2 aromatic rings. The number of rotatable bonds is 4. The summed E-state index contributed by atoms with van der Waals surface area (Å²) in [6.07, 6.45) is 3.49. The second kappa shape index (κ2) is 5.57. The smallest absolute Gasteiger partial charge is 0.278 e. The van der Waals surface area contributed by atoms with Crippen LogP contribution >= 0.6 is 0 Å². The van der Waals surface area contributed by atoms with Gasteiger partial charge in [-0.25, -0.2) is 0 Å². The molecule has 0 aliphatic carbocycles. The molecule has 6 nitrogen and oxygen atoms in total. The first-order chi connectivity index (χ1) is 10.2. The molecule has 6 heteroatoms. The van der Waals surface area contributed by atoms with Crippen LogP contribution < -0.4 is 31.2 Å². The predicted molar refractivity (Wildman–Crippen MR) is 78.7 cm³/mol. The zero-order chi connectivity index (χ0) is 14.8. The van der Waals surface area contributed by atoms with E-state index in [0.717, 1.165) is 31.6 Å². The lowest BCUT2D eigenvalue weighted by Crippen LogP contribution is -2.35. The lowest BCUT2D eigenvalue weighted by molar-refractivity contribution is 0.304. The Morgan fingerprint density at radius 1 is 0.952 bits per heavy atom. The molecule has 3 rings (SSSR count). The molecule has 0 unspecified atom stereocenters. The number of benzene rings is 1. The Morgan fingerprint density at radius 2 is 1.62 bits per heavy atom.